The molecule has 2 aliphatic rings. The van der Waals surface area contributed by atoms with Crippen LogP contribution in [0, 0.1) is 18.2 Å². The Hall–Kier alpha value is -2.72. The molecule has 2 saturated heterocycles. The molecule has 2 amide bonds. The fourth-order valence-electron chi connectivity index (χ4n) is 6.74. The molecule has 0 radical (unpaired) electrons. The smallest absolute Gasteiger partial charge is 0.237 e. The molecule has 44 heavy (non-hydrogen) atoms. The van der Waals surface area contributed by atoms with E-state index in [9.17, 15) is 18.8 Å². The zero-order valence-electron chi connectivity index (χ0n) is 26.4. The molecule has 2 heterocycles. The number of carbonyl (C=O) groups excluding carboxylic acids is 3. The number of carbonyl (C=O) groups is 3. The van der Waals surface area contributed by atoms with Gasteiger partial charge >= 0.3 is 0 Å². The van der Waals surface area contributed by atoms with E-state index in [4.69, 9.17) is 23.2 Å². The van der Waals surface area contributed by atoms with E-state index in [1.54, 1.807) is 26.1 Å². The third kappa shape index (κ3) is 7.06. The average molecular weight is 649 g/mol. The first-order valence-corrected chi connectivity index (χ1v) is 15.9. The van der Waals surface area contributed by atoms with Crippen LogP contribution >= 0.6 is 23.2 Å². The van der Waals surface area contributed by atoms with Gasteiger partial charge in [0, 0.05) is 75.9 Å². The number of anilines is 1. The van der Waals surface area contributed by atoms with Gasteiger partial charge in [0.15, 0.2) is 0 Å². The Labute approximate surface area is 270 Å². The van der Waals surface area contributed by atoms with Crippen molar-refractivity contribution < 1.29 is 18.8 Å². The van der Waals surface area contributed by atoms with E-state index in [0.717, 1.165) is 24.9 Å². The van der Waals surface area contributed by atoms with Gasteiger partial charge in [0.05, 0.1) is 16.5 Å². The molecule has 8 nitrogen and oxygen atoms in total. The van der Waals surface area contributed by atoms with Crippen LogP contribution in [0.4, 0.5) is 10.1 Å². The van der Waals surface area contributed by atoms with E-state index in [1.165, 1.54) is 12.1 Å². The molecular formula is C33H44Cl2FN5O3. The van der Waals surface area contributed by atoms with E-state index in [0.29, 0.717) is 54.4 Å². The Morgan fingerprint density at radius 2 is 1.80 bits per heavy atom. The minimum absolute atomic E-state index is 0.0676. The molecule has 240 valence electrons. The summed E-state index contributed by atoms with van der Waals surface area (Å²) in [6.07, 6.45) is 1.52. The predicted molar refractivity (Wildman–Crippen MR) is 174 cm³/mol. The maximum atomic E-state index is 14.4. The second-order valence-electron chi connectivity index (χ2n) is 13.2. The number of hydrogen-bond donors (Lipinski definition) is 3. The molecule has 0 aromatic heterocycles. The summed E-state index contributed by atoms with van der Waals surface area (Å²) in [6.45, 7) is 13.6. The molecule has 0 saturated carbocycles. The van der Waals surface area contributed by atoms with Gasteiger partial charge in [0.25, 0.3) is 0 Å². The number of rotatable bonds is 9. The van der Waals surface area contributed by atoms with Crippen molar-refractivity contribution in [3.63, 3.8) is 0 Å². The zero-order chi connectivity index (χ0) is 32.4. The number of piperazine rings is 1. The molecule has 0 spiro atoms. The highest BCUT2D eigenvalue weighted by Crippen LogP contribution is 2.53. The third-order valence-electron chi connectivity index (χ3n) is 8.98. The van der Waals surface area contributed by atoms with Crippen molar-refractivity contribution in [3.8, 4) is 0 Å². The molecule has 0 bridgehead atoms. The number of aryl methyl sites for hydroxylation is 1. The third-order valence-corrected chi connectivity index (χ3v) is 9.68. The molecule has 11 heteroatoms. The summed E-state index contributed by atoms with van der Waals surface area (Å²) in [5, 5.41) is 10.3. The normalized spacial score (nSPS) is 24.3. The number of nitrogens with zero attached hydrogens (tertiary/aromatic N) is 2. The van der Waals surface area contributed by atoms with E-state index in [-0.39, 0.29) is 22.3 Å². The van der Waals surface area contributed by atoms with Crippen LogP contribution in [0.25, 0.3) is 0 Å². The molecule has 2 aromatic carbocycles. The van der Waals surface area contributed by atoms with Crippen LogP contribution in [0.5, 0.6) is 0 Å². The summed E-state index contributed by atoms with van der Waals surface area (Å²) in [5.41, 5.74) is 1.34. The van der Waals surface area contributed by atoms with Crippen LogP contribution < -0.4 is 16.0 Å². The summed E-state index contributed by atoms with van der Waals surface area (Å²) < 4.78 is 14.4. The van der Waals surface area contributed by atoms with Crippen molar-refractivity contribution in [2.45, 2.75) is 64.5 Å². The van der Waals surface area contributed by atoms with E-state index in [2.05, 4.69) is 41.6 Å². The van der Waals surface area contributed by atoms with Crippen LogP contribution in [0.1, 0.15) is 56.7 Å². The second kappa shape index (κ2) is 13.7. The fourth-order valence-corrected chi connectivity index (χ4v) is 7.09. The number of benzene rings is 2. The Morgan fingerprint density at radius 1 is 1.11 bits per heavy atom. The summed E-state index contributed by atoms with van der Waals surface area (Å²) in [6, 6.07) is 6.88. The first kappa shape index (κ1) is 34.2. The van der Waals surface area contributed by atoms with Gasteiger partial charge in [-0.25, -0.2) is 4.39 Å². The van der Waals surface area contributed by atoms with Crippen molar-refractivity contribution in [1.29, 1.82) is 0 Å². The first-order chi connectivity index (χ1) is 20.7. The van der Waals surface area contributed by atoms with Crippen LogP contribution in [-0.4, -0.2) is 86.3 Å². The van der Waals surface area contributed by atoms with Gasteiger partial charge in [-0.05, 0) is 53.6 Å². The minimum atomic E-state index is -1.23. The minimum Gasteiger partial charge on any atom is -0.388 e. The lowest BCUT2D eigenvalue weighted by Gasteiger charge is -2.39. The molecular weight excluding hydrogens is 604 g/mol. The number of amides is 2. The largest absolute Gasteiger partial charge is 0.388 e. The molecule has 0 unspecified atom stereocenters. The van der Waals surface area contributed by atoms with Gasteiger partial charge in [-0.3, -0.25) is 14.5 Å². The SMILES string of the molecule is CNc1cc(Cl)c(C)cc1[C@]1(C=O)[C@@H](CC(C)(C)C)N[C@@H](C(=O)NCCN2CCN(C(C)=O)CC2)[C@@H]1c1ccc(F)c(Cl)c1. The maximum Gasteiger partial charge on any atom is 0.237 e. The molecule has 2 fully saturated rings. The number of hydrogen-bond acceptors (Lipinski definition) is 6. The Bertz CT molecular complexity index is 1390. The molecule has 2 aliphatic heterocycles. The summed E-state index contributed by atoms with van der Waals surface area (Å²) >= 11 is 12.8. The lowest BCUT2D eigenvalue weighted by molar-refractivity contribution is -0.130. The Morgan fingerprint density at radius 3 is 2.36 bits per heavy atom. The Kier molecular flexibility index (Phi) is 10.7. The van der Waals surface area contributed by atoms with E-state index in [1.807, 2.05) is 17.9 Å². The topological polar surface area (TPSA) is 93.8 Å². The van der Waals surface area contributed by atoms with Crippen LogP contribution in [0.2, 0.25) is 10.0 Å². The van der Waals surface area contributed by atoms with Gasteiger partial charge in [-0.2, -0.15) is 0 Å². The van der Waals surface area contributed by atoms with Crippen molar-refractivity contribution in [2.24, 2.45) is 5.41 Å². The number of halogens is 3. The van der Waals surface area contributed by atoms with Crippen molar-refractivity contribution >= 4 is 47.0 Å². The molecule has 0 aliphatic carbocycles. The summed E-state index contributed by atoms with van der Waals surface area (Å²) in [5.74, 6) is -1.47. The number of aldehydes is 1. The lowest BCUT2D eigenvalue weighted by atomic mass is 9.62. The van der Waals surface area contributed by atoms with Gasteiger partial charge in [0.1, 0.15) is 12.1 Å². The van der Waals surface area contributed by atoms with Crippen LogP contribution in [0.15, 0.2) is 30.3 Å². The van der Waals surface area contributed by atoms with Gasteiger partial charge in [-0.15, -0.1) is 0 Å². The Balaban J connectivity index is 1.75. The van der Waals surface area contributed by atoms with Crippen molar-refractivity contribution in [1.82, 2.24) is 20.4 Å². The van der Waals surface area contributed by atoms with Crippen molar-refractivity contribution in [3.05, 3.63) is 62.9 Å². The summed E-state index contributed by atoms with van der Waals surface area (Å²) in [7, 11) is 1.77. The highest BCUT2D eigenvalue weighted by Gasteiger charge is 2.60. The summed E-state index contributed by atoms with van der Waals surface area (Å²) in [4.78, 5) is 43.5. The monoisotopic (exact) mass is 647 g/mol. The van der Waals surface area contributed by atoms with Crippen LogP contribution in [-0.2, 0) is 19.8 Å². The van der Waals surface area contributed by atoms with Gasteiger partial charge in [-0.1, -0.05) is 56.1 Å². The predicted octanol–water partition coefficient (Wildman–Crippen LogP) is 4.76. The fraction of sp³-hybridized carbons (Fsp3) is 0.545. The number of nitrogens with one attached hydrogen (secondary N) is 3. The van der Waals surface area contributed by atoms with Crippen molar-refractivity contribution in [2.75, 3.05) is 51.6 Å². The standard InChI is InChI=1S/C33H44Cl2FN5O3/c1-20-15-23(27(37-6)17-24(20)34)33(19-42)28(18-32(3,4)5)39-30(29(33)22-7-8-26(36)25(35)16-22)31(44)38-9-10-40-11-13-41(14-12-40)21(2)43/h7-8,15-17,19,28-30,37,39H,9-14,18H2,1-6H3,(H,38,44)/t28-,29+,30-,33-/m1/s1. The quantitative estimate of drug-likeness (QED) is 0.340. The molecule has 3 N–H and O–H groups in total. The maximum absolute atomic E-state index is 14.4. The lowest BCUT2D eigenvalue weighted by Crippen LogP contribution is -2.51. The molecule has 4 rings (SSSR count). The van der Waals surface area contributed by atoms with Gasteiger partial charge < -0.3 is 25.6 Å². The molecule has 4 atom stereocenters. The highest BCUT2D eigenvalue weighted by molar-refractivity contribution is 6.31. The van der Waals surface area contributed by atoms with Crippen LogP contribution in [0.3, 0.4) is 0 Å². The highest BCUT2D eigenvalue weighted by atomic mass is 35.5. The molecule has 2 aromatic rings. The average Bonchev–Trinajstić information content (AvgIpc) is 3.29. The first-order valence-electron chi connectivity index (χ1n) is 15.1. The van der Waals surface area contributed by atoms with E-state index < -0.39 is 29.2 Å². The second-order valence-corrected chi connectivity index (χ2v) is 14.0. The van der Waals surface area contributed by atoms with Gasteiger partial charge in [0.2, 0.25) is 11.8 Å². The zero-order valence-corrected chi connectivity index (χ0v) is 27.9. The van der Waals surface area contributed by atoms with E-state index >= 15 is 0 Å².